The van der Waals surface area contributed by atoms with E-state index in [-0.39, 0.29) is 17.9 Å². The second-order valence-electron chi connectivity index (χ2n) is 10.5. The average Bonchev–Trinajstić information content (AvgIpc) is 3.21. The van der Waals surface area contributed by atoms with E-state index in [9.17, 15) is 4.79 Å². The highest BCUT2D eigenvalue weighted by atomic mass is 35.5. The third-order valence-corrected chi connectivity index (χ3v) is 8.28. The number of halogens is 2. The number of H-pyrrole nitrogens is 2. The first-order chi connectivity index (χ1) is 18.4. The van der Waals surface area contributed by atoms with E-state index >= 15 is 0 Å². The third kappa shape index (κ3) is 4.67. The molecule has 2 aromatic heterocycles. The first-order valence-corrected chi connectivity index (χ1v) is 13.8. The number of piperidine rings is 1. The van der Waals surface area contributed by atoms with Crippen LogP contribution in [0.25, 0.3) is 33.6 Å². The molecule has 2 fully saturated rings. The Kier molecular flexibility index (Phi) is 6.62. The standard InChI is InChI=1S/C30H29Cl2N5O/c1-3-4-17(2)13-25(38)37-23-14-22(23)15-24(37)30-35-27(29(32)36-30)21-11-7-19(8-12-21)18-5-9-20(10-6-18)26-28(31)34-16-33-26/h3,5-12,16-17,22-24H,1,4,13-15H2,2H3,(H,33,34)(H,35,36)/t17?,22?,23?,24-/m0/s1. The van der Waals surface area contributed by atoms with Crippen molar-refractivity contribution in [3.63, 3.8) is 0 Å². The Morgan fingerprint density at radius 2 is 1.66 bits per heavy atom. The number of hydrogen-bond acceptors (Lipinski definition) is 3. The molecule has 1 amide bonds. The zero-order valence-corrected chi connectivity index (χ0v) is 22.6. The Morgan fingerprint density at radius 1 is 1.03 bits per heavy atom. The Balaban J connectivity index is 1.20. The molecular formula is C30H29Cl2N5O. The maximum Gasteiger partial charge on any atom is 0.223 e. The van der Waals surface area contributed by atoms with E-state index in [4.69, 9.17) is 28.2 Å². The monoisotopic (exact) mass is 545 g/mol. The minimum Gasteiger partial charge on any atom is -0.335 e. The highest BCUT2D eigenvalue weighted by Crippen LogP contribution is 2.53. The number of nitrogens with zero attached hydrogens (tertiary/aromatic N) is 3. The summed E-state index contributed by atoms with van der Waals surface area (Å²) in [6, 6.07) is 16.6. The second-order valence-corrected chi connectivity index (χ2v) is 11.2. The molecule has 1 saturated heterocycles. The van der Waals surface area contributed by atoms with Gasteiger partial charge in [-0.3, -0.25) is 4.79 Å². The number of amides is 1. The van der Waals surface area contributed by atoms with Gasteiger partial charge in [-0.05, 0) is 42.2 Å². The number of rotatable bonds is 8. The van der Waals surface area contributed by atoms with Gasteiger partial charge in [-0.1, -0.05) is 84.7 Å². The van der Waals surface area contributed by atoms with Gasteiger partial charge in [-0.2, -0.15) is 0 Å². The van der Waals surface area contributed by atoms with Gasteiger partial charge in [0.1, 0.15) is 27.5 Å². The van der Waals surface area contributed by atoms with Crippen molar-refractivity contribution in [1.29, 1.82) is 0 Å². The number of imidazole rings is 2. The van der Waals surface area contributed by atoms with Crippen LogP contribution in [0.4, 0.5) is 0 Å². The Hall–Kier alpha value is -3.35. The molecule has 4 atom stereocenters. The molecule has 2 aliphatic rings. The quantitative estimate of drug-likeness (QED) is 0.222. The van der Waals surface area contributed by atoms with E-state index in [0.717, 1.165) is 53.0 Å². The number of fused-ring (bicyclic) bond motifs is 1. The predicted molar refractivity (Wildman–Crippen MR) is 152 cm³/mol. The molecule has 6 rings (SSSR count). The normalized spacial score (nSPS) is 20.8. The van der Waals surface area contributed by atoms with Crippen molar-refractivity contribution in [1.82, 2.24) is 24.8 Å². The molecule has 6 nitrogen and oxygen atoms in total. The summed E-state index contributed by atoms with van der Waals surface area (Å²) in [4.78, 5) is 30.6. The first-order valence-electron chi connectivity index (χ1n) is 13.0. The van der Waals surface area contributed by atoms with E-state index in [1.807, 2.05) is 30.3 Å². The molecule has 1 aliphatic heterocycles. The van der Waals surface area contributed by atoms with E-state index in [1.165, 1.54) is 0 Å². The zero-order valence-electron chi connectivity index (χ0n) is 21.1. The van der Waals surface area contributed by atoms with Crippen molar-refractivity contribution in [3.05, 3.63) is 83.6 Å². The molecule has 0 spiro atoms. The third-order valence-electron chi connectivity index (χ3n) is 7.72. The largest absolute Gasteiger partial charge is 0.335 e. The molecule has 1 aliphatic carbocycles. The lowest BCUT2D eigenvalue weighted by Gasteiger charge is -2.27. The van der Waals surface area contributed by atoms with Crippen LogP contribution in [0, 0.1) is 11.8 Å². The van der Waals surface area contributed by atoms with Crippen LogP contribution >= 0.6 is 23.2 Å². The number of aromatic nitrogens is 4. The molecule has 0 radical (unpaired) electrons. The van der Waals surface area contributed by atoms with Crippen LogP contribution in [0.1, 0.15) is 44.5 Å². The lowest BCUT2D eigenvalue weighted by Crippen LogP contribution is -2.35. The topological polar surface area (TPSA) is 77.7 Å². The number of allylic oxidation sites excluding steroid dienone is 1. The van der Waals surface area contributed by atoms with E-state index in [2.05, 4.69) is 57.6 Å². The van der Waals surface area contributed by atoms with Gasteiger partial charge in [0.25, 0.3) is 0 Å². The van der Waals surface area contributed by atoms with Gasteiger partial charge < -0.3 is 14.9 Å². The molecule has 3 heterocycles. The maximum absolute atomic E-state index is 13.2. The fraction of sp³-hybridized carbons (Fsp3) is 0.300. The van der Waals surface area contributed by atoms with Gasteiger partial charge in [-0.15, -0.1) is 6.58 Å². The summed E-state index contributed by atoms with van der Waals surface area (Å²) >= 11 is 12.8. The van der Waals surface area contributed by atoms with Gasteiger partial charge in [0.05, 0.1) is 12.4 Å². The second kappa shape index (κ2) is 10.1. The van der Waals surface area contributed by atoms with Crippen LogP contribution in [0.3, 0.4) is 0 Å². The minimum atomic E-state index is -0.0470. The molecule has 8 heteroatoms. The number of carbonyl (C=O) groups excluding carboxylic acids is 1. The van der Waals surface area contributed by atoms with Gasteiger partial charge in [0.2, 0.25) is 5.91 Å². The molecular weight excluding hydrogens is 517 g/mol. The van der Waals surface area contributed by atoms with Crippen LogP contribution in [-0.4, -0.2) is 36.8 Å². The van der Waals surface area contributed by atoms with Crippen LogP contribution < -0.4 is 0 Å². The summed E-state index contributed by atoms with van der Waals surface area (Å²) < 4.78 is 0. The molecule has 1 saturated carbocycles. The molecule has 4 aromatic rings. The van der Waals surface area contributed by atoms with Gasteiger partial charge in [0, 0.05) is 23.6 Å². The van der Waals surface area contributed by atoms with E-state index in [0.29, 0.717) is 34.4 Å². The molecule has 38 heavy (non-hydrogen) atoms. The zero-order chi connectivity index (χ0) is 26.4. The van der Waals surface area contributed by atoms with Crippen molar-refractivity contribution in [3.8, 4) is 33.6 Å². The summed E-state index contributed by atoms with van der Waals surface area (Å²) in [6.07, 6.45) is 6.88. The minimum absolute atomic E-state index is 0.0470. The number of aromatic amines is 2. The van der Waals surface area contributed by atoms with Gasteiger partial charge in [0.15, 0.2) is 0 Å². The van der Waals surface area contributed by atoms with E-state index in [1.54, 1.807) is 6.33 Å². The SMILES string of the molecule is C=CCC(C)CC(=O)N1C2CC2C[C@H]1c1nc(-c2ccc(-c3ccc(-c4nc[nH]c4Cl)cc3)cc2)c(Cl)[nH]1. The molecule has 0 bridgehead atoms. The Morgan fingerprint density at radius 3 is 2.26 bits per heavy atom. The van der Waals surface area contributed by atoms with Crippen molar-refractivity contribution in [2.24, 2.45) is 11.8 Å². The Bertz CT molecular complexity index is 1470. The van der Waals surface area contributed by atoms with Crippen molar-refractivity contribution in [2.75, 3.05) is 0 Å². The lowest BCUT2D eigenvalue weighted by atomic mass is 10.0. The number of hydrogen-bond donors (Lipinski definition) is 2. The molecule has 3 unspecified atom stereocenters. The number of benzene rings is 2. The van der Waals surface area contributed by atoms with Gasteiger partial charge >= 0.3 is 0 Å². The summed E-state index contributed by atoms with van der Waals surface area (Å²) in [5.41, 5.74) is 5.52. The first kappa shape index (κ1) is 25.0. The number of likely N-dealkylation sites (tertiary alicyclic amines) is 1. The molecule has 2 aromatic carbocycles. The van der Waals surface area contributed by atoms with Crippen molar-refractivity contribution >= 4 is 29.1 Å². The van der Waals surface area contributed by atoms with Gasteiger partial charge in [-0.25, -0.2) is 9.97 Å². The molecule has 194 valence electrons. The van der Waals surface area contributed by atoms with E-state index < -0.39 is 0 Å². The highest BCUT2D eigenvalue weighted by Gasteiger charge is 2.55. The van der Waals surface area contributed by atoms with Crippen LogP contribution in [0.15, 0.2) is 67.5 Å². The van der Waals surface area contributed by atoms with Crippen LogP contribution in [0.5, 0.6) is 0 Å². The lowest BCUT2D eigenvalue weighted by molar-refractivity contribution is -0.134. The van der Waals surface area contributed by atoms with Crippen LogP contribution in [-0.2, 0) is 4.79 Å². The van der Waals surface area contributed by atoms with Crippen molar-refractivity contribution in [2.45, 2.75) is 44.7 Å². The summed E-state index contributed by atoms with van der Waals surface area (Å²) in [7, 11) is 0. The number of nitrogens with one attached hydrogen (secondary N) is 2. The fourth-order valence-electron chi connectivity index (χ4n) is 5.67. The predicted octanol–water partition coefficient (Wildman–Crippen LogP) is 7.70. The van der Waals surface area contributed by atoms with Crippen LogP contribution in [0.2, 0.25) is 10.3 Å². The summed E-state index contributed by atoms with van der Waals surface area (Å²) in [5.74, 6) is 1.83. The Labute approximate surface area is 232 Å². The highest BCUT2D eigenvalue weighted by molar-refractivity contribution is 6.32. The smallest absolute Gasteiger partial charge is 0.223 e. The summed E-state index contributed by atoms with van der Waals surface area (Å²) in [6.45, 7) is 5.91. The summed E-state index contributed by atoms with van der Waals surface area (Å²) in [5, 5.41) is 1.03. The fourth-order valence-corrected chi connectivity index (χ4v) is 6.12. The average molecular weight is 547 g/mol. The molecule has 2 N–H and O–H groups in total. The maximum atomic E-state index is 13.2. The number of carbonyl (C=O) groups is 1. The van der Waals surface area contributed by atoms with Crippen molar-refractivity contribution < 1.29 is 4.79 Å².